The van der Waals surface area contributed by atoms with Crippen molar-refractivity contribution < 1.29 is 14.6 Å². The number of carbonyl (C=O) groups is 1. The summed E-state index contributed by atoms with van der Waals surface area (Å²) in [4.78, 5) is 16.1. The highest BCUT2D eigenvalue weighted by molar-refractivity contribution is 5.99. The van der Waals surface area contributed by atoms with E-state index in [-0.39, 0.29) is 11.7 Å². The summed E-state index contributed by atoms with van der Waals surface area (Å²) in [6, 6.07) is 12.9. The summed E-state index contributed by atoms with van der Waals surface area (Å²) >= 11 is 0. The number of likely N-dealkylation sites (N-methyl/N-ethyl adjacent to an activating group) is 1. The van der Waals surface area contributed by atoms with Crippen molar-refractivity contribution in [2.45, 2.75) is 12.5 Å². The molecular weight excluding hydrogens is 292 g/mol. The lowest BCUT2D eigenvalue weighted by atomic mass is 10.0. The van der Waals surface area contributed by atoms with Crippen molar-refractivity contribution in [3.63, 3.8) is 0 Å². The van der Waals surface area contributed by atoms with Crippen LogP contribution >= 0.6 is 0 Å². The molecule has 1 N–H and O–H groups in total. The van der Waals surface area contributed by atoms with Gasteiger partial charge in [-0.25, -0.2) is 0 Å². The molecule has 0 radical (unpaired) electrons. The molecule has 120 valence electrons. The van der Waals surface area contributed by atoms with Crippen LogP contribution in [0.1, 0.15) is 5.56 Å². The third kappa shape index (κ3) is 2.95. The molecular formula is C18H20N2O3. The first-order valence-corrected chi connectivity index (χ1v) is 7.49. The van der Waals surface area contributed by atoms with Crippen molar-refractivity contribution >= 4 is 17.3 Å². The molecule has 5 heteroatoms. The van der Waals surface area contributed by atoms with E-state index in [0.29, 0.717) is 17.9 Å². The highest BCUT2D eigenvalue weighted by Gasteiger charge is 2.32. The molecule has 0 aliphatic carbocycles. The van der Waals surface area contributed by atoms with Gasteiger partial charge in [-0.1, -0.05) is 12.1 Å². The number of aromatic hydroxyl groups is 1. The first kappa shape index (κ1) is 15.2. The first-order chi connectivity index (χ1) is 11.0. The first-order valence-electron chi connectivity index (χ1n) is 7.49. The van der Waals surface area contributed by atoms with Crippen LogP contribution in [0.25, 0.3) is 0 Å². The molecule has 23 heavy (non-hydrogen) atoms. The number of rotatable bonds is 3. The largest absolute Gasteiger partial charge is 0.508 e. The van der Waals surface area contributed by atoms with Crippen molar-refractivity contribution in [2.75, 3.05) is 30.9 Å². The molecule has 0 saturated heterocycles. The van der Waals surface area contributed by atoms with Gasteiger partial charge < -0.3 is 19.6 Å². The molecule has 1 atom stereocenters. The molecule has 0 spiro atoms. The minimum absolute atomic E-state index is 0.111. The number of fused-ring (bicyclic) bond motifs is 1. The Kier molecular flexibility index (Phi) is 3.86. The number of nitrogens with zero attached hydrogens (tertiary/aromatic N) is 2. The maximum atomic E-state index is 12.5. The summed E-state index contributed by atoms with van der Waals surface area (Å²) in [6.45, 7) is 0. The smallest absolute Gasteiger partial charge is 0.268 e. The van der Waals surface area contributed by atoms with Gasteiger partial charge in [0.15, 0.2) is 6.10 Å². The van der Waals surface area contributed by atoms with E-state index in [0.717, 1.165) is 11.3 Å². The quantitative estimate of drug-likeness (QED) is 0.946. The second-order valence-electron chi connectivity index (χ2n) is 5.92. The average molecular weight is 312 g/mol. The van der Waals surface area contributed by atoms with E-state index in [1.54, 1.807) is 19.2 Å². The number of phenolic OH excluding ortho intramolecular Hbond substituents is 1. The number of amides is 1. The van der Waals surface area contributed by atoms with E-state index in [2.05, 4.69) is 0 Å². The predicted molar refractivity (Wildman–Crippen MR) is 90.4 cm³/mol. The van der Waals surface area contributed by atoms with E-state index in [1.165, 1.54) is 11.0 Å². The number of phenols is 1. The minimum atomic E-state index is -0.553. The topological polar surface area (TPSA) is 53.0 Å². The number of hydrogen-bond donors (Lipinski definition) is 1. The van der Waals surface area contributed by atoms with Gasteiger partial charge in [0.1, 0.15) is 11.5 Å². The molecule has 0 fully saturated rings. The van der Waals surface area contributed by atoms with Crippen molar-refractivity contribution in [3.05, 3.63) is 48.0 Å². The standard InChI is InChI=1S/C18H20N2O3/c1-19(2)13-6-4-12(5-7-13)10-17-18(22)20(3)15-11-14(21)8-9-16(15)23-17/h4-9,11,17,21H,10H2,1-3H3. The lowest BCUT2D eigenvalue weighted by Gasteiger charge is -2.32. The number of hydrogen-bond acceptors (Lipinski definition) is 4. The fourth-order valence-corrected chi connectivity index (χ4v) is 2.68. The van der Waals surface area contributed by atoms with Crippen LogP contribution in [0.4, 0.5) is 11.4 Å². The van der Waals surface area contributed by atoms with Crippen LogP contribution in [-0.2, 0) is 11.2 Å². The highest BCUT2D eigenvalue weighted by atomic mass is 16.5. The molecule has 0 aromatic heterocycles. The molecule has 1 unspecified atom stereocenters. The SMILES string of the molecule is CN(C)c1ccc(CC2Oc3ccc(O)cc3N(C)C2=O)cc1. The van der Waals surface area contributed by atoms with Gasteiger partial charge in [-0.05, 0) is 29.8 Å². The Labute approximate surface area is 135 Å². The molecule has 5 nitrogen and oxygen atoms in total. The van der Waals surface area contributed by atoms with Gasteiger partial charge in [-0.15, -0.1) is 0 Å². The predicted octanol–water partition coefficient (Wildman–Crippen LogP) is 2.42. The number of anilines is 2. The van der Waals surface area contributed by atoms with Crippen LogP contribution in [0.3, 0.4) is 0 Å². The Morgan fingerprint density at radius 3 is 2.52 bits per heavy atom. The molecule has 1 aliphatic rings. The number of benzene rings is 2. The second-order valence-corrected chi connectivity index (χ2v) is 5.92. The minimum Gasteiger partial charge on any atom is -0.508 e. The highest BCUT2D eigenvalue weighted by Crippen LogP contribution is 2.36. The van der Waals surface area contributed by atoms with Crippen molar-refractivity contribution in [2.24, 2.45) is 0 Å². The lowest BCUT2D eigenvalue weighted by Crippen LogP contribution is -2.44. The summed E-state index contributed by atoms with van der Waals surface area (Å²) in [5.41, 5.74) is 2.75. The maximum Gasteiger partial charge on any atom is 0.268 e. The molecule has 1 amide bonds. The summed E-state index contributed by atoms with van der Waals surface area (Å²) < 4.78 is 5.84. The average Bonchev–Trinajstić information content (AvgIpc) is 2.53. The van der Waals surface area contributed by atoms with Crippen molar-refractivity contribution in [1.29, 1.82) is 0 Å². The third-order valence-electron chi connectivity index (χ3n) is 4.05. The molecule has 0 saturated carbocycles. The molecule has 2 aromatic rings. The van der Waals surface area contributed by atoms with Gasteiger partial charge in [-0.3, -0.25) is 4.79 Å². The van der Waals surface area contributed by atoms with E-state index >= 15 is 0 Å². The summed E-state index contributed by atoms with van der Waals surface area (Å²) in [7, 11) is 5.68. The fraction of sp³-hybridized carbons (Fsp3) is 0.278. The van der Waals surface area contributed by atoms with Crippen LogP contribution in [0.15, 0.2) is 42.5 Å². The molecule has 3 rings (SSSR count). The Bertz CT molecular complexity index is 726. The fourth-order valence-electron chi connectivity index (χ4n) is 2.68. The molecule has 1 heterocycles. The van der Waals surface area contributed by atoms with E-state index < -0.39 is 6.10 Å². The summed E-state index contributed by atoms with van der Waals surface area (Å²) in [5, 5.41) is 9.57. The van der Waals surface area contributed by atoms with Crippen LogP contribution in [0, 0.1) is 0 Å². The van der Waals surface area contributed by atoms with Gasteiger partial charge in [0.25, 0.3) is 5.91 Å². The molecule has 2 aromatic carbocycles. The number of carbonyl (C=O) groups excluding carboxylic acids is 1. The van der Waals surface area contributed by atoms with E-state index in [9.17, 15) is 9.90 Å². The van der Waals surface area contributed by atoms with Gasteiger partial charge in [0, 0.05) is 39.3 Å². The zero-order chi connectivity index (χ0) is 16.6. The van der Waals surface area contributed by atoms with Gasteiger partial charge in [0.2, 0.25) is 0 Å². The van der Waals surface area contributed by atoms with Crippen molar-refractivity contribution in [3.8, 4) is 11.5 Å². The van der Waals surface area contributed by atoms with Gasteiger partial charge in [-0.2, -0.15) is 0 Å². The molecule has 0 bridgehead atoms. The maximum absolute atomic E-state index is 12.5. The van der Waals surface area contributed by atoms with Gasteiger partial charge >= 0.3 is 0 Å². The zero-order valence-corrected chi connectivity index (χ0v) is 13.5. The second kappa shape index (κ2) is 5.83. The van der Waals surface area contributed by atoms with Gasteiger partial charge in [0.05, 0.1) is 5.69 Å². The van der Waals surface area contributed by atoms with Crippen LogP contribution < -0.4 is 14.5 Å². The molecule has 1 aliphatic heterocycles. The van der Waals surface area contributed by atoms with Crippen LogP contribution in [0.2, 0.25) is 0 Å². The van der Waals surface area contributed by atoms with Crippen molar-refractivity contribution in [1.82, 2.24) is 0 Å². The third-order valence-corrected chi connectivity index (χ3v) is 4.05. The van der Waals surface area contributed by atoms with Crippen LogP contribution in [-0.4, -0.2) is 38.3 Å². The van der Waals surface area contributed by atoms with Crippen LogP contribution in [0.5, 0.6) is 11.5 Å². The Hall–Kier alpha value is -2.69. The number of ether oxygens (including phenoxy) is 1. The summed E-state index contributed by atoms with van der Waals surface area (Å²) in [5.74, 6) is 0.615. The lowest BCUT2D eigenvalue weighted by molar-refractivity contribution is -0.125. The van der Waals surface area contributed by atoms with E-state index in [4.69, 9.17) is 4.74 Å². The Balaban J connectivity index is 1.81. The normalized spacial score (nSPS) is 16.7. The summed E-state index contributed by atoms with van der Waals surface area (Å²) in [6.07, 6.45) is -0.0424. The zero-order valence-electron chi connectivity index (χ0n) is 13.5. The van der Waals surface area contributed by atoms with E-state index in [1.807, 2.05) is 43.3 Å². The Morgan fingerprint density at radius 2 is 1.87 bits per heavy atom. The monoisotopic (exact) mass is 312 g/mol. The Morgan fingerprint density at radius 1 is 1.17 bits per heavy atom.